The molecule has 0 aliphatic carbocycles. The fourth-order valence-corrected chi connectivity index (χ4v) is 2.51. The van der Waals surface area contributed by atoms with Gasteiger partial charge in [-0.25, -0.2) is 4.79 Å². The van der Waals surface area contributed by atoms with Gasteiger partial charge in [-0.1, -0.05) is 13.8 Å². The lowest BCUT2D eigenvalue weighted by Gasteiger charge is -2.23. The molecule has 0 saturated carbocycles. The Morgan fingerprint density at radius 2 is 1.59 bits per heavy atom. The van der Waals surface area contributed by atoms with Crippen molar-refractivity contribution in [1.29, 1.82) is 0 Å². The highest BCUT2D eigenvalue weighted by Crippen LogP contribution is 2.05. The van der Waals surface area contributed by atoms with E-state index in [4.69, 9.17) is 22.9 Å². The van der Waals surface area contributed by atoms with Crippen LogP contribution in [0.5, 0.6) is 0 Å². The molecule has 32 heavy (non-hydrogen) atoms. The molecule has 0 saturated heterocycles. The summed E-state index contributed by atoms with van der Waals surface area (Å²) in [6.07, 6.45) is 0.370. The van der Waals surface area contributed by atoms with Gasteiger partial charge in [0.25, 0.3) is 0 Å². The van der Waals surface area contributed by atoms with Crippen molar-refractivity contribution in [3.63, 3.8) is 0 Å². The Kier molecular flexibility index (Phi) is 13.0. The van der Waals surface area contributed by atoms with Gasteiger partial charge in [0.2, 0.25) is 23.6 Å². The number of guanidine groups is 1. The van der Waals surface area contributed by atoms with Crippen LogP contribution in [-0.2, 0) is 24.0 Å². The SMILES string of the molecule is CC(C)C(NC(=O)C(CCCN=C(N)N)NC(=O)CNC(=O)C(N)CCC(N)=O)C(=O)O. The van der Waals surface area contributed by atoms with Crippen molar-refractivity contribution < 1.29 is 29.1 Å². The molecule has 14 heteroatoms. The molecule has 0 aromatic carbocycles. The average Bonchev–Trinajstić information content (AvgIpc) is 2.69. The summed E-state index contributed by atoms with van der Waals surface area (Å²) in [4.78, 5) is 62.6. The Morgan fingerprint density at radius 1 is 0.969 bits per heavy atom. The maximum atomic E-state index is 12.6. The molecule has 0 aromatic rings. The lowest BCUT2D eigenvalue weighted by molar-refractivity contribution is -0.143. The first-order valence-corrected chi connectivity index (χ1v) is 10.0. The van der Waals surface area contributed by atoms with Crippen molar-refractivity contribution in [2.75, 3.05) is 13.1 Å². The Balaban J connectivity index is 4.98. The zero-order valence-corrected chi connectivity index (χ0v) is 18.3. The molecule has 3 unspecified atom stereocenters. The van der Waals surface area contributed by atoms with Crippen LogP contribution in [0.3, 0.4) is 0 Å². The minimum atomic E-state index is -1.21. The molecule has 0 aliphatic rings. The van der Waals surface area contributed by atoms with Gasteiger partial charge >= 0.3 is 5.97 Å². The number of nitrogens with two attached hydrogens (primary N) is 4. The van der Waals surface area contributed by atoms with E-state index < -0.39 is 60.2 Å². The number of aliphatic imine (C=N–C) groups is 1. The van der Waals surface area contributed by atoms with Crippen LogP contribution in [0.4, 0.5) is 0 Å². The smallest absolute Gasteiger partial charge is 0.326 e. The number of primary amides is 1. The standard InChI is InChI=1S/C18H34N8O6/c1-9(2)14(17(31)32)26-16(30)11(4-3-7-23-18(21)22)25-13(28)8-24-15(29)10(19)5-6-12(20)27/h9-11,14H,3-8,19H2,1-2H3,(H2,20,27)(H,24,29)(H,25,28)(H,26,30)(H,31,32)(H4,21,22,23). The number of carbonyl (C=O) groups is 5. The van der Waals surface area contributed by atoms with Gasteiger partial charge in [-0.05, 0) is 25.2 Å². The Labute approximate surface area is 185 Å². The highest BCUT2D eigenvalue weighted by Gasteiger charge is 2.28. The van der Waals surface area contributed by atoms with Crippen LogP contribution in [-0.4, -0.2) is 71.9 Å². The molecule has 0 heterocycles. The lowest BCUT2D eigenvalue weighted by atomic mass is 10.0. The summed E-state index contributed by atoms with van der Waals surface area (Å²) >= 11 is 0. The van der Waals surface area contributed by atoms with Crippen LogP contribution in [0.25, 0.3) is 0 Å². The third-order valence-corrected chi connectivity index (χ3v) is 4.29. The van der Waals surface area contributed by atoms with Crippen molar-refractivity contribution in [3.8, 4) is 0 Å². The van der Waals surface area contributed by atoms with Gasteiger partial charge in [0.05, 0.1) is 12.6 Å². The maximum absolute atomic E-state index is 12.6. The van der Waals surface area contributed by atoms with Crippen molar-refractivity contribution in [2.24, 2.45) is 33.8 Å². The van der Waals surface area contributed by atoms with Gasteiger partial charge in [-0.3, -0.25) is 24.2 Å². The van der Waals surface area contributed by atoms with Crippen molar-refractivity contribution >= 4 is 35.6 Å². The molecule has 4 amide bonds. The Bertz CT molecular complexity index is 708. The Hall–Kier alpha value is -3.42. The molecular weight excluding hydrogens is 424 g/mol. The van der Waals surface area contributed by atoms with E-state index in [2.05, 4.69) is 20.9 Å². The minimum absolute atomic E-state index is 0.0182. The molecule has 0 aromatic heterocycles. The van der Waals surface area contributed by atoms with Crippen LogP contribution in [0, 0.1) is 5.92 Å². The molecular formula is C18H34N8O6. The summed E-state index contributed by atoms with van der Waals surface area (Å²) < 4.78 is 0. The summed E-state index contributed by atoms with van der Waals surface area (Å²) in [5.74, 6) is -4.40. The molecule has 0 bridgehead atoms. The second kappa shape index (κ2) is 14.6. The van der Waals surface area contributed by atoms with Crippen LogP contribution >= 0.6 is 0 Å². The number of carbonyl (C=O) groups excluding carboxylic acids is 4. The van der Waals surface area contributed by atoms with Gasteiger partial charge < -0.3 is 44.0 Å². The number of hydrogen-bond acceptors (Lipinski definition) is 7. The molecule has 0 fully saturated rings. The molecule has 0 spiro atoms. The number of nitrogens with one attached hydrogen (secondary N) is 3. The highest BCUT2D eigenvalue weighted by molar-refractivity contribution is 5.92. The molecule has 3 atom stereocenters. The second-order valence-electron chi connectivity index (χ2n) is 7.47. The first-order chi connectivity index (χ1) is 14.8. The number of carboxylic acids is 1. The van der Waals surface area contributed by atoms with E-state index in [0.29, 0.717) is 6.42 Å². The first kappa shape index (κ1) is 28.6. The third kappa shape index (κ3) is 12.3. The highest BCUT2D eigenvalue weighted by atomic mass is 16.4. The topological polar surface area (TPSA) is 258 Å². The van der Waals surface area contributed by atoms with E-state index in [1.54, 1.807) is 13.8 Å². The zero-order chi connectivity index (χ0) is 24.8. The fourth-order valence-electron chi connectivity index (χ4n) is 2.51. The minimum Gasteiger partial charge on any atom is -0.480 e. The predicted octanol–water partition coefficient (Wildman–Crippen LogP) is -3.54. The van der Waals surface area contributed by atoms with Crippen molar-refractivity contribution in [2.45, 2.75) is 57.7 Å². The number of hydrogen-bond donors (Lipinski definition) is 8. The summed E-state index contributed by atoms with van der Waals surface area (Å²) in [5, 5.41) is 16.4. The predicted molar refractivity (Wildman–Crippen MR) is 116 cm³/mol. The summed E-state index contributed by atoms with van der Waals surface area (Å²) in [6.45, 7) is 2.97. The van der Waals surface area contributed by atoms with Gasteiger partial charge in [0.1, 0.15) is 12.1 Å². The van der Waals surface area contributed by atoms with E-state index in [1.165, 1.54) is 0 Å². The lowest BCUT2D eigenvalue weighted by Crippen LogP contribution is -2.54. The van der Waals surface area contributed by atoms with E-state index >= 15 is 0 Å². The monoisotopic (exact) mass is 458 g/mol. The van der Waals surface area contributed by atoms with E-state index in [9.17, 15) is 29.1 Å². The maximum Gasteiger partial charge on any atom is 0.326 e. The largest absolute Gasteiger partial charge is 0.480 e. The third-order valence-electron chi connectivity index (χ3n) is 4.29. The number of carboxylic acid groups (broad SMARTS) is 1. The van der Waals surface area contributed by atoms with Crippen LogP contribution < -0.4 is 38.9 Å². The average molecular weight is 459 g/mol. The normalized spacial score (nSPS) is 13.4. The van der Waals surface area contributed by atoms with E-state index in [1.807, 2.05) is 0 Å². The fraction of sp³-hybridized carbons (Fsp3) is 0.667. The van der Waals surface area contributed by atoms with E-state index in [0.717, 1.165) is 0 Å². The zero-order valence-electron chi connectivity index (χ0n) is 18.3. The molecule has 0 aliphatic heterocycles. The summed E-state index contributed by atoms with van der Waals surface area (Å²) in [7, 11) is 0. The molecule has 14 nitrogen and oxygen atoms in total. The van der Waals surface area contributed by atoms with Crippen LogP contribution in [0.15, 0.2) is 4.99 Å². The molecule has 0 rings (SSSR count). The second-order valence-corrected chi connectivity index (χ2v) is 7.47. The number of nitrogens with zero attached hydrogens (tertiary/aromatic N) is 1. The Morgan fingerprint density at radius 3 is 2.09 bits per heavy atom. The summed E-state index contributed by atoms with van der Waals surface area (Å²) in [5.41, 5.74) is 21.1. The first-order valence-electron chi connectivity index (χ1n) is 10.0. The van der Waals surface area contributed by atoms with Crippen LogP contribution in [0.2, 0.25) is 0 Å². The molecule has 182 valence electrons. The quantitative estimate of drug-likeness (QED) is 0.0685. The van der Waals surface area contributed by atoms with Crippen LogP contribution in [0.1, 0.15) is 39.5 Å². The van der Waals surface area contributed by atoms with E-state index in [-0.39, 0.29) is 31.8 Å². The van der Waals surface area contributed by atoms with Gasteiger partial charge in [0, 0.05) is 13.0 Å². The van der Waals surface area contributed by atoms with Gasteiger partial charge in [-0.2, -0.15) is 0 Å². The van der Waals surface area contributed by atoms with Gasteiger partial charge in [0.15, 0.2) is 5.96 Å². The molecule has 12 N–H and O–H groups in total. The number of rotatable bonds is 15. The number of amides is 4. The van der Waals surface area contributed by atoms with Gasteiger partial charge in [-0.15, -0.1) is 0 Å². The molecule has 0 radical (unpaired) electrons. The summed E-state index contributed by atoms with van der Waals surface area (Å²) in [6, 6.07) is -3.27. The van der Waals surface area contributed by atoms with Crippen molar-refractivity contribution in [3.05, 3.63) is 0 Å². The van der Waals surface area contributed by atoms with Crippen molar-refractivity contribution in [1.82, 2.24) is 16.0 Å². The number of aliphatic carboxylic acids is 1.